The summed E-state index contributed by atoms with van der Waals surface area (Å²) in [6.07, 6.45) is 4.07. The van der Waals surface area contributed by atoms with E-state index in [1.807, 2.05) is 0 Å². The third kappa shape index (κ3) is 4.01. The van der Waals surface area contributed by atoms with E-state index in [4.69, 9.17) is 11.6 Å². The van der Waals surface area contributed by atoms with E-state index in [1.165, 1.54) is 0 Å². The van der Waals surface area contributed by atoms with E-state index in [9.17, 15) is 20.1 Å². The van der Waals surface area contributed by atoms with Crippen LogP contribution in [0, 0.1) is 34.0 Å². The summed E-state index contributed by atoms with van der Waals surface area (Å²) >= 11 is 7.03. The van der Waals surface area contributed by atoms with Crippen LogP contribution in [0.1, 0.15) is 32.1 Å². The maximum atomic E-state index is 12.5. The van der Waals surface area contributed by atoms with Gasteiger partial charge in [0, 0.05) is 16.1 Å². The van der Waals surface area contributed by atoms with E-state index in [0.29, 0.717) is 34.2 Å². The van der Waals surface area contributed by atoms with Crippen LogP contribution in [-0.4, -0.2) is 17.6 Å². The number of nitrogens with one attached hydrogen (secondary N) is 2. The van der Waals surface area contributed by atoms with Crippen molar-refractivity contribution >= 4 is 40.9 Å². The first-order valence-electron chi connectivity index (χ1n) is 9.04. The minimum absolute atomic E-state index is 0.0284. The quantitative estimate of drug-likeness (QED) is 0.775. The molecule has 0 saturated heterocycles. The first kappa shape index (κ1) is 20.3. The van der Waals surface area contributed by atoms with Crippen molar-refractivity contribution in [3.05, 3.63) is 39.9 Å². The summed E-state index contributed by atoms with van der Waals surface area (Å²) in [5.41, 5.74) is 0.267. The zero-order chi connectivity index (χ0) is 20.1. The van der Waals surface area contributed by atoms with Gasteiger partial charge in [-0.05, 0) is 31.0 Å². The summed E-state index contributed by atoms with van der Waals surface area (Å²) in [6, 6.07) is 11.1. The first-order valence-corrected chi connectivity index (χ1v) is 10.4. The van der Waals surface area contributed by atoms with E-state index >= 15 is 0 Å². The Balaban J connectivity index is 1.79. The summed E-state index contributed by atoms with van der Waals surface area (Å²) in [5.74, 6) is -1.50. The van der Waals surface area contributed by atoms with Gasteiger partial charge in [0.25, 0.3) is 0 Å². The predicted molar refractivity (Wildman–Crippen MR) is 108 cm³/mol. The zero-order valence-corrected chi connectivity index (χ0v) is 16.7. The molecule has 0 radical (unpaired) electrons. The van der Waals surface area contributed by atoms with Crippen molar-refractivity contribution in [2.45, 2.75) is 32.1 Å². The highest BCUT2D eigenvalue weighted by molar-refractivity contribution is 8.03. The van der Waals surface area contributed by atoms with Gasteiger partial charge in [-0.25, -0.2) is 0 Å². The second-order valence-corrected chi connectivity index (χ2v) is 8.35. The molecule has 1 aliphatic carbocycles. The number of thioether (sulfide) groups is 1. The number of nitriles is 2. The molecule has 2 N–H and O–H groups in total. The lowest BCUT2D eigenvalue weighted by atomic mass is 9.61. The molecule has 1 heterocycles. The number of anilines is 1. The van der Waals surface area contributed by atoms with Crippen LogP contribution in [0.25, 0.3) is 0 Å². The highest BCUT2D eigenvalue weighted by Gasteiger charge is 2.51. The van der Waals surface area contributed by atoms with E-state index in [2.05, 4.69) is 22.8 Å². The number of allylic oxidation sites excluding steroid dienone is 1. The molecule has 6 nitrogen and oxygen atoms in total. The lowest BCUT2D eigenvalue weighted by Gasteiger charge is -2.43. The van der Waals surface area contributed by atoms with Crippen molar-refractivity contribution in [2.24, 2.45) is 11.3 Å². The van der Waals surface area contributed by atoms with Gasteiger partial charge in [0.1, 0.15) is 5.92 Å². The van der Waals surface area contributed by atoms with Gasteiger partial charge in [-0.1, -0.05) is 48.7 Å². The third-order valence-electron chi connectivity index (χ3n) is 5.22. The van der Waals surface area contributed by atoms with Crippen molar-refractivity contribution in [1.82, 2.24) is 5.32 Å². The van der Waals surface area contributed by atoms with Gasteiger partial charge in [0.15, 0.2) is 0 Å². The Hall–Kier alpha value is -2.48. The molecule has 0 aromatic heterocycles. The number of halogens is 1. The molecule has 1 atom stereocenters. The molecule has 1 spiro atoms. The lowest BCUT2D eigenvalue weighted by Crippen LogP contribution is -2.48. The SMILES string of the molecule is N#CC1=C(SCC(=O)Nc2cccc(Cl)c2)NC(=O)[C@H](C#N)C12CCCCC2. The van der Waals surface area contributed by atoms with Crippen molar-refractivity contribution in [3.8, 4) is 12.1 Å². The molecule has 2 amide bonds. The number of benzene rings is 1. The molecule has 1 aromatic carbocycles. The van der Waals surface area contributed by atoms with Gasteiger partial charge in [-0.2, -0.15) is 10.5 Å². The summed E-state index contributed by atoms with van der Waals surface area (Å²) in [7, 11) is 0. The molecule has 1 aliphatic heterocycles. The number of carbonyl (C=O) groups is 2. The van der Waals surface area contributed by atoms with Crippen LogP contribution >= 0.6 is 23.4 Å². The highest BCUT2D eigenvalue weighted by Crippen LogP contribution is 2.51. The average Bonchev–Trinajstić information content (AvgIpc) is 2.67. The Morgan fingerprint density at radius 1 is 1.32 bits per heavy atom. The van der Waals surface area contributed by atoms with Gasteiger partial charge in [-0.15, -0.1) is 0 Å². The second kappa shape index (κ2) is 8.68. The molecule has 1 aromatic rings. The topological polar surface area (TPSA) is 106 Å². The molecule has 144 valence electrons. The van der Waals surface area contributed by atoms with Crippen molar-refractivity contribution in [3.63, 3.8) is 0 Å². The fraction of sp³-hybridized carbons (Fsp3) is 0.400. The van der Waals surface area contributed by atoms with E-state index < -0.39 is 11.3 Å². The smallest absolute Gasteiger partial charge is 0.243 e. The minimum atomic E-state index is -0.868. The fourth-order valence-electron chi connectivity index (χ4n) is 3.94. The Morgan fingerprint density at radius 2 is 2.07 bits per heavy atom. The predicted octanol–water partition coefficient (Wildman–Crippen LogP) is 3.97. The number of amides is 2. The first-order chi connectivity index (χ1) is 13.5. The molecule has 1 fully saturated rings. The second-order valence-electron chi connectivity index (χ2n) is 6.93. The van der Waals surface area contributed by atoms with Gasteiger partial charge in [0.05, 0.1) is 28.5 Å². The fourth-order valence-corrected chi connectivity index (χ4v) is 5.05. The highest BCUT2D eigenvalue weighted by atomic mass is 35.5. The van der Waals surface area contributed by atoms with Crippen LogP contribution < -0.4 is 10.6 Å². The lowest BCUT2D eigenvalue weighted by molar-refractivity contribution is -0.126. The van der Waals surface area contributed by atoms with Crippen LogP contribution in [0.3, 0.4) is 0 Å². The molecule has 3 rings (SSSR count). The van der Waals surface area contributed by atoms with Crippen LogP contribution in [0.2, 0.25) is 5.02 Å². The normalized spacial score (nSPS) is 20.8. The Bertz CT molecular complexity index is 910. The summed E-state index contributed by atoms with van der Waals surface area (Å²) in [4.78, 5) is 24.8. The summed E-state index contributed by atoms with van der Waals surface area (Å²) in [6.45, 7) is 0. The molecule has 0 bridgehead atoms. The number of hydrogen-bond donors (Lipinski definition) is 2. The molecular weight excluding hydrogens is 396 g/mol. The van der Waals surface area contributed by atoms with Gasteiger partial charge in [0.2, 0.25) is 11.8 Å². The van der Waals surface area contributed by atoms with E-state index in [-0.39, 0.29) is 17.6 Å². The van der Waals surface area contributed by atoms with Crippen LogP contribution in [0.15, 0.2) is 34.9 Å². The Morgan fingerprint density at radius 3 is 2.71 bits per heavy atom. The van der Waals surface area contributed by atoms with Gasteiger partial charge >= 0.3 is 0 Å². The Labute approximate surface area is 172 Å². The average molecular weight is 415 g/mol. The van der Waals surface area contributed by atoms with E-state index in [1.54, 1.807) is 24.3 Å². The zero-order valence-electron chi connectivity index (χ0n) is 15.1. The van der Waals surface area contributed by atoms with Crippen LogP contribution in [0.5, 0.6) is 0 Å². The van der Waals surface area contributed by atoms with Gasteiger partial charge in [-0.3, -0.25) is 9.59 Å². The minimum Gasteiger partial charge on any atom is -0.325 e. The van der Waals surface area contributed by atoms with Crippen molar-refractivity contribution in [1.29, 1.82) is 10.5 Å². The van der Waals surface area contributed by atoms with Crippen LogP contribution in [0.4, 0.5) is 5.69 Å². The largest absolute Gasteiger partial charge is 0.325 e. The molecule has 8 heteroatoms. The molecule has 2 aliphatic rings. The van der Waals surface area contributed by atoms with Crippen molar-refractivity contribution in [2.75, 3.05) is 11.1 Å². The maximum absolute atomic E-state index is 12.5. The standard InChI is InChI=1S/C20H19ClN4O2S/c21-13-5-4-6-14(9-13)24-17(26)12-28-19-16(11-23)20(7-2-1-3-8-20)15(10-22)18(27)25-19/h4-6,9,15H,1-3,7-8,12H2,(H,24,26)(H,25,27)/t15-/m0/s1. The Kier molecular flexibility index (Phi) is 6.28. The van der Waals surface area contributed by atoms with Crippen molar-refractivity contribution < 1.29 is 9.59 Å². The summed E-state index contributed by atoms with van der Waals surface area (Å²) < 4.78 is 0. The number of nitrogens with zero attached hydrogens (tertiary/aromatic N) is 2. The number of hydrogen-bond acceptors (Lipinski definition) is 5. The van der Waals surface area contributed by atoms with Gasteiger partial charge < -0.3 is 10.6 Å². The molecule has 0 unspecified atom stereocenters. The molecule has 28 heavy (non-hydrogen) atoms. The number of carbonyl (C=O) groups excluding carboxylic acids is 2. The number of rotatable bonds is 4. The maximum Gasteiger partial charge on any atom is 0.243 e. The summed E-state index contributed by atoms with van der Waals surface area (Å²) in [5, 5.41) is 25.7. The molecular formula is C20H19ClN4O2S. The van der Waals surface area contributed by atoms with E-state index in [0.717, 1.165) is 31.0 Å². The molecule has 1 saturated carbocycles. The monoisotopic (exact) mass is 414 g/mol. The van der Waals surface area contributed by atoms with Crippen LogP contribution in [-0.2, 0) is 9.59 Å². The third-order valence-corrected chi connectivity index (χ3v) is 6.46.